The molecule has 0 radical (unpaired) electrons. The summed E-state index contributed by atoms with van der Waals surface area (Å²) in [4.78, 5) is 21.5. The molecule has 9 heteroatoms. The molecule has 29 heavy (non-hydrogen) atoms. The monoisotopic (exact) mass is 472 g/mol. The lowest BCUT2D eigenvalue weighted by molar-refractivity contribution is 0.102. The van der Waals surface area contributed by atoms with Crippen molar-refractivity contribution in [1.29, 1.82) is 0 Å². The van der Waals surface area contributed by atoms with Gasteiger partial charge in [-0.15, -0.1) is 24.8 Å². The summed E-state index contributed by atoms with van der Waals surface area (Å²) in [5.41, 5.74) is 8.01. The van der Waals surface area contributed by atoms with Crippen LogP contribution in [0.1, 0.15) is 41.7 Å². The van der Waals surface area contributed by atoms with Gasteiger partial charge in [0.25, 0.3) is 5.91 Å². The van der Waals surface area contributed by atoms with Crippen molar-refractivity contribution in [1.82, 2.24) is 4.98 Å². The van der Waals surface area contributed by atoms with Crippen LogP contribution in [0.15, 0.2) is 47.6 Å². The van der Waals surface area contributed by atoms with Gasteiger partial charge in [-0.2, -0.15) is 0 Å². The Kier molecular flexibility index (Phi) is 8.23. The number of carbonyl (C=O) groups is 1. The third-order valence-corrected chi connectivity index (χ3v) is 6.54. The van der Waals surface area contributed by atoms with E-state index >= 15 is 0 Å². The van der Waals surface area contributed by atoms with Crippen molar-refractivity contribution in [2.24, 2.45) is 16.6 Å². The number of carbonyl (C=O) groups excluding carboxylic acids is 1. The number of aromatic nitrogens is 1. The van der Waals surface area contributed by atoms with Crippen LogP contribution in [0.5, 0.6) is 0 Å². The molecular formula is C20H23Cl3N4OS. The molecule has 3 N–H and O–H groups in total. The van der Waals surface area contributed by atoms with Gasteiger partial charge >= 0.3 is 0 Å². The summed E-state index contributed by atoms with van der Waals surface area (Å²) in [6.45, 7) is 0. The first-order chi connectivity index (χ1) is 13.1. The number of amidine groups is 1. The Balaban J connectivity index is 0.00000150. The zero-order chi connectivity index (χ0) is 18.9. The summed E-state index contributed by atoms with van der Waals surface area (Å²) in [5.74, 6) is 1.22. The Morgan fingerprint density at radius 1 is 1.24 bits per heavy atom. The smallest absolute Gasteiger partial charge is 0.274 e. The van der Waals surface area contributed by atoms with Gasteiger partial charge in [0, 0.05) is 17.6 Å². The second-order valence-corrected chi connectivity index (χ2v) is 8.50. The van der Waals surface area contributed by atoms with Crippen molar-refractivity contribution in [2.45, 2.75) is 31.2 Å². The number of thioether (sulfide) groups is 1. The summed E-state index contributed by atoms with van der Waals surface area (Å²) in [5, 5.41) is 4.09. The van der Waals surface area contributed by atoms with Gasteiger partial charge in [0.1, 0.15) is 5.69 Å². The van der Waals surface area contributed by atoms with Crippen LogP contribution in [0, 0.1) is 5.92 Å². The van der Waals surface area contributed by atoms with E-state index in [4.69, 9.17) is 22.3 Å². The molecule has 1 unspecified atom stereocenters. The number of nitrogens with zero attached hydrogens (tertiary/aromatic N) is 2. The van der Waals surface area contributed by atoms with Crippen LogP contribution in [-0.4, -0.2) is 21.8 Å². The normalized spacial score (nSPS) is 22.9. The Labute approximate surface area is 192 Å². The molecule has 0 saturated heterocycles. The van der Waals surface area contributed by atoms with E-state index in [1.165, 1.54) is 12.6 Å². The molecule has 4 rings (SSSR count). The molecule has 5 nitrogen and oxygen atoms in total. The van der Waals surface area contributed by atoms with Crippen LogP contribution in [0.3, 0.4) is 0 Å². The predicted molar refractivity (Wildman–Crippen MR) is 126 cm³/mol. The van der Waals surface area contributed by atoms with Crippen LogP contribution >= 0.6 is 48.2 Å². The number of fused-ring (bicyclic) bond motifs is 1. The van der Waals surface area contributed by atoms with Crippen molar-refractivity contribution < 1.29 is 4.79 Å². The van der Waals surface area contributed by atoms with Gasteiger partial charge in [-0.25, -0.2) is 4.98 Å². The maximum absolute atomic E-state index is 12.5. The molecule has 156 valence electrons. The predicted octanol–water partition coefficient (Wildman–Crippen LogP) is 5.28. The van der Waals surface area contributed by atoms with E-state index in [2.05, 4.69) is 16.4 Å². The fraction of sp³-hybridized carbons (Fsp3) is 0.350. The van der Waals surface area contributed by atoms with Crippen molar-refractivity contribution in [3.8, 4) is 0 Å². The van der Waals surface area contributed by atoms with Crippen LogP contribution in [0.4, 0.5) is 5.69 Å². The number of hydrogen-bond donors (Lipinski definition) is 2. The molecule has 1 aromatic heterocycles. The van der Waals surface area contributed by atoms with Crippen molar-refractivity contribution in [3.63, 3.8) is 0 Å². The van der Waals surface area contributed by atoms with Gasteiger partial charge in [-0.05, 0) is 48.6 Å². The number of aliphatic imine (C=N–C) groups is 1. The van der Waals surface area contributed by atoms with E-state index in [1.807, 2.05) is 18.2 Å². The number of rotatable bonds is 3. The number of anilines is 1. The number of amides is 1. The largest absolute Gasteiger partial charge is 0.379 e. The third kappa shape index (κ3) is 5.00. The summed E-state index contributed by atoms with van der Waals surface area (Å²) in [6, 6.07) is 11.2. The Hall–Kier alpha value is -1.47. The lowest BCUT2D eigenvalue weighted by atomic mass is 9.70. The quantitative estimate of drug-likeness (QED) is 0.635. The van der Waals surface area contributed by atoms with Gasteiger partial charge in [-0.1, -0.05) is 48.3 Å². The molecular weight excluding hydrogens is 451 g/mol. The van der Waals surface area contributed by atoms with E-state index in [0.717, 1.165) is 36.3 Å². The summed E-state index contributed by atoms with van der Waals surface area (Å²) in [7, 11) is 0. The number of pyridine rings is 1. The number of benzene rings is 1. The van der Waals surface area contributed by atoms with Gasteiger partial charge in [0.05, 0.1) is 10.6 Å². The summed E-state index contributed by atoms with van der Waals surface area (Å²) >= 11 is 7.49. The molecule has 0 bridgehead atoms. The minimum Gasteiger partial charge on any atom is -0.379 e. The first-order valence-electron chi connectivity index (χ1n) is 9.08. The highest BCUT2D eigenvalue weighted by molar-refractivity contribution is 8.13. The Bertz CT molecular complexity index is 894. The molecule has 2 aromatic rings. The number of nitrogens with one attached hydrogen (secondary N) is 1. The molecule has 1 aliphatic carbocycles. The minimum atomic E-state index is -0.271. The number of halogens is 3. The lowest BCUT2D eigenvalue weighted by Gasteiger charge is -2.44. The van der Waals surface area contributed by atoms with Gasteiger partial charge in [0.15, 0.2) is 5.17 Å². The Morgan fingerprint density at radius 2 is 2.07 bits per heavy atom. The highest BCUT2D eigenvalue weighted by Gasteiger charge is 2.44. The van der Waals surface area contributed by atoms with Crippen LogP contribution in [-0.2, 0) is 5.54 Å². The van der Waals surface area contributed by atoms with E-state index in [-0.39, 0.29) is 36.3 Å². The first kappa shape index (κ1) is 23.8. The molecule has 1 amide bonds. The van der Waals surface area contributed by atoms with E-state index in [0.29, 0.717) is 21.8 Å². The SMILES string of the molecule is Cl.Cl.NC1=N[C@]2(c3cccc(NC(=O)c4ccc(Cl)cn4)c3)CCCCC2CS1. The first-order valence-corrected chi connectivity index (χ1v) is 10.4. The van der Waals surface area contributed by atoms with Crippen molar-refractivity contribution >= 4 is 64.9 Å². The standard InChI is InChI=1S/C20H21ClN4OS.2ClH/c21-15-7-8-17(23-11-15)18(26)24-16-6-3-5-13(10-16)20-9-2-1-4-14(20)12-27-19(22)25-20;;/h3,5-8,10-11,14H,1-2,4,9,12H2,(H2,22,25)(H,24,26);2*1H/t14?,20-;;/m0../s1. The van der Waals surface area contributed by atoms with Crippen molar-refractivity contribution in [2.75, 3.05) is 11.1 Å². The molecule has 0 spiro atoms. The van der Waals surface area contributed by atoms with E-state index in [9.17, 15) is 4.79 Å². The molecule has 1 fully saturated rings. The van der Waals surface area contributed by atoms with E-state index in [1.54, 1.807) is 23.9 Å². The van der Waals surface area contributed by atoms with Gasteiger partial charge in [-0.3, -0.25) is 9.79 Å². The van der Waals surface area contributed by atoms with Gasteiger partial charge in [0.2, 0.25) is 0 Å². The fourth-order valence-corrected chi connectivity index (χ4v) is 5.18. The number of hydrogen-bond acceptors (Lipinski definition) is 5. The lowest BCUT2D eigenvalue weighted by Crippen LogP contribution is -2.42. The summed E-state index contributed by atoms with van der Waals surface area (Å²) < 4.78 is 0. The Morgan fingerprint density at radius 3 is 2.83 bits per heavy atom. The van der Waals surface area contributed by atoms with E-state index < -0.39 is 0 Å². The molecule has 1 saturated carbocycles. The maximum atomic E-state index is 12.5. The summed E-state index contributed by atoms with van der Waals surface area (Å²) in [6.07, 6.45) is 6.00. The molecule has 2 atom stereocenters. The molecule has 2 aliphatic rings. The molecule has 1 aliphatic heterocycles. The third-order valence-electron chi connectivity index (χ3n) is 5.36. The van der Waals surface area contributed by atoms with Crippen LogP contribution < -0.4 is 11.1 Å². The second kappa shape index (κ2) is 10.0. The molecule has 1 aromatic carbocycles. The fourth-order valence-electron chi connectivity index (χ4n) is 4.03. The second-order valence-electron chi connectivity index (χ2n) is 7.02. The molecule has 2 heterocycles. The average molecular weight is 474 g/mol. The van der Waals surface area contributed by atoms with Gasteiger partial charge < -0.3 is 11.1 Å². The average Bonchev–Trinajstić information content (AvgIpc) is 2.68. The highest BCUT2D eigenvalue weighted by atomic mass is 35.5. The zero-order valence-electron chi connectivity index (χ0n) is 15.6. The highest BCUT2D eigenvalue weighted by Crippen LogP contribution is 2.49. The maximum Gasteiger partial charge on any atom is 0.274 e. The number of nitrogens with two attached hydrogens (primary N) is 1. The zero-order valence-corrected chi connectivity index (χ0v) is 18.8. The van der Waals surface area contributed by atoms with Crippen LogP contribution in [0.2, 0.25) is 5.02 Å². The van der Waals surface area contributed by atoms with Crippen LogP contribution in [0.25, 0.3) is 0 Å². The van der Waals surface area contributed by atoms with Crippen molar-refractivity contribution in [3.05, 3.63) is 58.9 Å². The minimum absolute atomic E-state index is 0. The topological polar surface area (TPSA) is 80.4 Å².